The van der Waals surface area contributed by atoms with E-state index in [0.29, 0.717) is 0 Å². The summed E-state index contributed by atoms with van der Waals surface area (Å²) in [5.41, 5.74) is 5.29. The van der Waals surface area contributed by atoms with Crippen molar-refractivity contribution in [3.63, 3.8) is 0 Å². The second kappa shape index (κ2) is 16.4. The fraction of sp³-hybridized carbons (Fsp3) is 0.812. The van der Waals surface area contributed by atoms with Gasteiger partial charge in [-0.1, -0.05) is 0 Å². The fourth-order valence-electron chi connectivity index (χ4n) is 2.38. The summed E-state index contributed by atoms with van der Waals surface area (Å²) in [7, 11) is -7.77. The molecular weight excluding hydrogens is 504 g/mol. The number of nitrogens with two attached hydrogens (primary N) is 1. The number of nitrogens with one attached hydrogen (secondary N) is 2. The number of amides is 2. The molecule has 0 aliphatic heterocycles. The van der Waals surface area contributed by atoms with Gasteiger partial charge in [0.05, 0.1) is 25.3 Å². The monoisotopic (exact) mass is 539 g/mol. The van der Waals surface area contributed by atoms with Crippen LogP contribution in [0.25, 0.3) is 0 Å². The summed E-state index contributed by atoms with van der Waals surface area (Å²) in [6.07, 6.45) is -5.64. The summed E-state index contributed by atoms with van der Waals surface area (Å²) in [5, 5.41) is 41.7. The van der Waals surface area contributed by atoms with E-state index in [0.717, 1.165) is 20.3 Å². The van der Waals surface area contributed by atoms with Gasteiger partial charge in [0.25, 0.3) is 0 Å². The molecule has 0 aromatic rings. The molecule has 202 valence electrons. The molecule has 18 heteroatoms. The third-order valence-electron chi connectivity index (χ3n) is 3.73. The Labute approximate surface area is 196 Å². The molecule has 0 heterocycles. The summed E-state index contributed by atoms with van der Waals surface area (Å²) in [5.74, 6) is -0.987. The van der Waals surface area contributed by atoms with Crippen molar-refractivity contribution in [2.45, 2.75) is 50.3 Å². The summed E-state index contributed by atoms with van der Waals surface area (Å²) < 4.78 is 31.1. The van der Waals surface area contributed by atoms with Crippen molar-refractivity contribution in [3.05, 3.63) is 0 Å². The minimum absolute atomic E-state index is 0.127. The van der Waals surface area contributed by atoms with Crippen LogP contribution in [0.1, 0.15) is 13.8 Å². The molecule has 10 N–H and O–H groups in total. The van der Waals surface area contributed by atoms with Gasteiger partial charge in [-0.3, -0.25) is 23.2 Å². The first-order chi connectivity index (χ1) is 15.4. The van der Waals surface area contributed by atoms with E-state index in [1.54, 1.807) is 0 Å². The lowest BCUT2D eigenvalue weighted by Gasteiger charge is -2.28. The minimum Gasteiger partial charge on any atom is -0.394 e. The van der Waals surface area contributed by atoms with Gasteiger partial charge in [0.15, 0.2) is 12.4 Å². The van der Waals surface area contributed by atoms with E-state index >= 15 is 0 Å². The molecule has 0 rings (SSSR count). The zero-order chi connectivity index (χ0) is 27.3. The zero-order valence-corrected chi connectivity index (χ0v) is 21.0. The number of rotatable bonds is 14. The maximum Gasteiger partial charge on any atom is 0.325 e. The Hall–Kier alpha value is -1.29. The van der Waals surface area contributed by atoms with Gasteiger partial charge in [-0.15, -0.1) is 0 Å². The van der Waals surface area contributed by atoms with Crippen LogP contribution in [0.15, 0.2) is 0 Å². The molecule has 0 radical (unpaired) electrons. The minimum atomic E-state index is -3.96. The molecular formula is C16H35N3O13P2. The highest BCUT2D eigenvalue weighted by atomic mass is 31.2. The van der Waals surface area contributed by atoms with Crippen LogP contribution in [0, 0.1) is 0 Å². The molecule has 0 aliphatic carbocycles. The van der Waals surface area contributed by atoms with Gasteiger partial charge in [0, 0.05) is 33.7 Å². The molecule has 34 heavy (non-hydrogen) atoms. The Morgan fingerprint density at radius 3 is 1.56 bits per heavy atom. The molecule has 2 amide bonds. The average molecular weight is 539 g/mol. The van der Waals surface area contributed by atoms with Crippen molar-refractivity contribution in [1.82, 2.24) is 10.6 Å². The second-order valence-corrected chi connectivity index (χ2v) is 10.8. The number of aliphatic hydroxyl groups excluding tert-OH is 4. The third kappa shape index (κ3) is 16.4. The van der Waals surface area contributed by atoms with E-state index in [4.69, 9.17) is 25.7 Å². The average Bonchev–Trinajstić information content (AvgIpc) is 2.70. The fourth-order valence-corrected chi connectivity index (χ4v) is 3.72. The molecule has 0 spiro atoms. The van der Waals surface area contributed by atoms with E-state index in [-0.39, 0.29) is 12.8 Å². The molecule has 0 bridgehead atoms. The second-order valence-electron chi connectivity index (χ2n) is 7.15. The smallest absolute Gasteiger partial charge is 0.325 e. The van der Waals surface area contributed by atoms with Crippen LogP contribution in [-0.2, 0) is 32.6 Å². The lowest BCUT2D eigenvalue weighted by molar-refractivity contribution is -0.125. The number of aliphatic hydroxyl groups is 4. The molecule has 0 aliphatic rings. The van der Waals surface area contributed by atoms with Gasteiger partial charge in [-0.2, -0.15) is 0 Å². The molecule has 0 aromatic carbocycles. The highest BCUT2D eigenvalue weighted by Crippen LogP contribution is 2.39. The molecule has 8 atom stereocenters. The lowest BCUT2D eigenvalue weighted by Crippen LogP contribution is -2.52. The Bertz CT molecular complexity index is 729. The highest BCUT2D eigenvalue weighted by Gasteiger charge is 2.33. The van der Waals surface area contributed by atoms with Gasteiger partial charge in [-0.05, 0) is 0 Å². The molecule has 0 fully saturated rings. The van der Waals surface area contributed by atoms with Crippen molar-refractivity contribution >= 4 is 33.3 Å². The van der Waals surface area contributed by atoms with Gasteiger partial charge in [0.2, 0.25) is 11.8 Å². The zero-order valence-electron chi connectivity index (χ0n) is 19.2. The van der Waals surface area contributed by atoms with E-state index in [1.807, 2.05) is 0 Å². The third-order valence-corrected chi connectivity index (χ3v) is 5.02. The molecule has 0 aromatic heterocycles. The number of hydrogen-bond acceptors (Lipinski definition) is 12. The normalized spacial score (nSPS) is 20.0. The van der Waals surface area contributed by atoms with Crippen molar-refractivity contribution in [2.75, 3.05) is 33.1 Å². The highest BCUT2D eigenvalue weighted by molar-refractivity contribution is 7.52. The molecule has 8 unspecified atom stereocenters. The number of carbonyl (C=O) groups excluding carboxylic acids is 3. The van der Waals surface area contributed by atoms with Crippen LogP contribution >= 0.6 is 15.2 Å². The van der Waals surface area contributed by atoms with Crippen LogP contribution in [-0.4, -0.2) is 118 Å². The van der Waals surface area contributed by atoms with Crippen LogP contribution in [0.3, 0.4) is 0 Å². The number of carbonyl (C=O) groups is 3. The predicted molar refractivity (Wildman–Crippen MR) is 118 cm³/mol. The standard InChI is InChI=1S/C8H19N2O6P.C8H16NO7P/c1-5(12)10-6(4-11)8(13)7(3-9)16-17(2,14)15;1-5(12)9-6(3-10)8(13)7(4-11)16-17(2,14)15/h6-8,11,13H,3-4,9H2,1-2H3,(H,10,12)(H,14,15);4,6-8,10,13H,3H2,1-2H3,(H,9,12)(H,14,15). The molecule has 16 nitrogen and oxygen atoms in total. The maximum atomic E-state index is 11.0. The van der Waals surface area contributed by atoms with Crippen molar-refractivity contribution < 1.29 is 62.8 Å². The van der Waals surface area contributed by atoms with Crippen molar-refractivity contribution in [3.8, 4) is 0 Å². The van der Waals surface area contributed by atoms with E-state index in [9.17, 15) is 33.7 Å². The maximum absolute atomic E-state index is 11.0. The first-order valence-corrected chi connectivity index (χ1v) is 13.7. The van der Waals surface area contributed by atoms with Crippen LogP contribution in [0.5, 0.6) is 0 Å². The van der Waals surface area contributed by atoms with Gasteiger partial charge >= 0.3 is 15.2 Å². The van der Waals surface area contributed by atoms with Crippen molar-refractivity contribution in [2.24, 2.45) is 5.73 Å². The first-order valence-electron chi connectivity index (χ1n) is 9.67. The number of aldehydes is 1. The van der Waals surface area contributed by atoms with Crippen LogP contribution in [0.4, 0.5) is 0 Å². The SMILES string of the molecule is CC(=O)NC(CO)C(O)C(C=O)OP(C)(=O)O.CC(=O)NC(CO)C(O)C(CN)OP(C)(=O)O. The Kier molecular flexibility index (Phi) is 16.8. The van der Waals surface area contributed by atoms with Gasteiger partial charge < -0.3 is 55.9 Å². The predicted octanol–water partition coefficient (Wildman–Crippen LogP) is -3.75. The van der Waals surface area contributed by atoms with E-state index in [2.05, 4.69) is 19.7 Å². The Morgan fingerprint density at radius 1 is 0.912 bits per heavy atom. The quantitative estimate of drug-likeness (QED) is 0.0758. The summed E-state index contributed by atoms with van der Waals surface area (Å²) >= 11 is 0. The molecule has 0 saturated heterocycles. The van der Waals surface area contributed by atoms with E-state index in [1.165, 1.54) is 6.92 Å². The summed E-state index contributed by atoms with van der Waals surface area (Å²) in [6.45, 7) is 2.76. The molecule has 0 saturated carbocycles. The number of hydrogen-bond donors (Lipinski definition) is 9. The topological polar surface area (TPSA) is 275 Å². The van der Waals surface area contributed by atoms with Crippen LogP contribution < -0.4 is 16.4 Å². The summed E-state index contributed by atoms with van der Waals surface area (Å²) in [4.78, 5) is 50.1. The van der Waals surface area contributed by atoms with Gasteiger partial charge in [0.1, 0.15) is 18.3 Å². The van der Waals surface area contributed by atoms with Crippen LogP contribution in [0.2, 0.25) is 0 Å². The van der Waals surface area contributed by atoms with E-state index < -0.39 is 76.7 Å². The Morgan fingerprint density at radius 2 is 1.29 bits per heavy atom. The first kappa shape index (κ1) is 34.9. The largest absolute Gasteiger partial charge is 0.394 e. The van der Waals surface area contributed by atoms with Crippen molar-refractivity contribution in [1.29, 1.82) is 0 Å². The van der Waals surface area contributed by atoms with Gasteiger partial charge in [-0.25, -0.2) is 0 Å². The lowest BCUT2D eigenvalue weighted by atomic mass is 10.1. The summed E-state index contributed by atoms with van der Waals surface area (Å²) in [6, 6.07) is -2.16. The Balaban J connectivity index is 0.